The Bertz CT molecular complexity index is 846. The van der Waals surface area contributed by atoms with Crippen molar-refractivity contribution in [1.29, 1.82) is 0 Å². The first-order chi connectivity index (χ1) is 15.6. The lowest BCUT2D eigenvalue weighted by Crippen LogP contribution is -2.52. The van der Waals surface area contributed by atoms with Crippen molar-refractivity contribution >= 4 is 17.8 Å². The van der Waals surface area contributed by atoms with Crippen LogP contribution in [0.4, 0.5) is 26.3 Å². The first-order valence-electron chi connectivity index (χ1n) is 9.80. The van der Waals surface area contributed by atoms with Crippen molar-refractivity contribution in [1.82, 2.24) is 19.4 Å². The Kier molecular flexibility index (Phi) is 10.1. The number of likely N-dealkylation sites (tertiary alicyclic amines) is 2. The molecule has 2 saturated heterocycles. The van der Waals surface area contributed by atoms with Gasteiger partial charge in [-0.05, 0) is 12.8 Å². The molecule has 2 aliphatic rings. The number of aryl methyl sites for hydroxylation is 1. The van der Waals surface area contributed by atoms with Crippen LogP contribution in [0.25, 0.3) is 0 Å². The summed E-state index contributed by atoms with van der Waals surface area (Å²) in [5, 5.41) is 14.2. The van der Waals surface area contributed by atoms with E-state index in [0.29, 0.717) is 25.0 Å². The molecule has 3 rings (SSSR count). The first-order valence-corrected chi connectivity index (χ1v) is 9.80. The van der Waals surface area contributed by atoms with Crippen molar-refractivity contribution in [3.63, 3.8) is 0 Å². The summed E-state index contributed by atoms with van der Waals surface area (Å²) in [6, 6.07) is 0.832. The molecule has 0 bridgehead atoms. The Balaban J connectivity index is 0.000000343. The minimum atomic E-state index is -5.08. The highest BCUT2D eigenvalue weighted by molar-refractivity contribution is 5.78. The van der Waals surface area contributed by atoms with E-state index in [1.54, 1.807) is 0 Å². The number of hydrogen-bond acceptors (Lipinski definition) is 5. The molecule has 0 aromatic carbocycles. The highest BCUT2D eigenvalue weighted by Crippen LogP contribution is 2.32. The van der Waals surface area contributed by atoms with Crippen LogP contribution >= 0.6 is 0 Å². The summed E-state index contributed by atoms with van der Waals surface area (Å²) in [5.74, 6) is -4.14. The van der Waals surface area contributed by atoms with Crippen molar-refractivity contribution in [3.8, 4) is 0 Å². The van der Waals surface area contributed by atoms with Gasteiger partial charge in [0.2, 0.25) is 5.91 Å². The summed E-state index contributed by atoms with van der Waals surface area (Å²) in [6.07, 6.45) is -1.81. The molecule has 15 heteroatoms. The molecule has 2 fully saturated rings. The topological polar surface area (TPSA) is 116 Å². The van der Waals surface area contributed by atoms with Crippen LogP contribution in [0, 0.1) is 0 Å². The zero-order chi connectivity index (χ0) is 26.3. The lowest BCUT2D eigenvalue weighted by molar-refractivity contribution is -0.193. The van der Waals surface area contributed by atoms with Crippen LogP contribution in [-0.4, -0.2) is 84.9 Å². The van der Waals surface area contributed by atoms with Gasteiger partial charge in [-0.2, -0.15) is 26.3 Å². The average Bonchev–Trinajstić information content (AvgIpc) is 3.30. The zero-order valence-electron chi connectivity index (χ0n) is 18.0. The second kappa shape index (κ2) is 11.9. The second-order valence-electron chi connectivity index (χ2n) is 7.33. The smallest absolute Gasteiger partial charge is 0.475 e. The molecule has 0 radical (unpaired) electrons. The number of piperidine rings is 1. The number of aromatic nitrogens is 2. The Morgan fingerprint density at radius 1 is 1.12 bits per heavy atom. The number of halogens is 6. The fourth-order valence-electron chi connectivity index (χ4n) is 3.54. The minimum absolute atomic E-state index is 0.282. The van der Waals surface area contributed by atoms with E-state index in [9.17, 15) is 31.1 Å². The van der Waals surface area contributed by atoms with Gasteiger partial charge in [0.25, 0.3) is 0 Å². The van der Waals surface area contributed by atoms with Crippen LogP contribution in [0.2, 0.25) is 0 Å². The summed E-state index contributed by atoms with van der Waals surface area (Å²) < 4.78 is 65.5. The quantitative estimate of drug-likeness (QED) is 0.480. The molecule has 1 aromatic rings. The summed E-state index contributed by atoms with van der Waals surface area (Å²) in [7, 11) is 2.03. The Morgan fingerprint density at radius 2 is 1.65 bits per heavy atom. The molecule has 2 atom stereocenters. The maximum atomic E-state index is 12.0. The zero-order valence-corrected chi connectivity index (χ0v) is 18.0. The molecular formula is C19H24F6N4O5. The summed E-state index contributed by atoms with van der Waals surface area (Å²) >= 11 is 0. The lowest BCUT2D eigenvalue weighted by Gasteiger charge is -2.39. The molecule has 0 saturated carbocycles. The van der Waals surface area contributed by atoms with E-state index in [4.69, 9.17) is 19.8 Å². The maximum Gasteiger partial charge on any atom is 0.490 e. The highest BCUT2D eigenvalue weighted by atomic mass is 19.4. The van der Waals surface area contributed by atoms with Gasteiger partial charge >= 0.3 is 24.3 Å². The van der Waals surface area contributed by atoms with Gasteiger partial charge in [0.15, 0.2) is 0 Å². The van der Waals surface area contributed by atoms with Crippen molar-refractivity contribution in [2.75, 3.05) is 13.1 Å². The first kappa shape index (κ1) is 28.9. The van der Waals surface area contributed by atoms with E-state index in [1.807, 2.05) is 30.4 Å². The molecule has 0 spiro atoms. The number of carboxylic acid groups (broad SMARTS) is 2. The maximum absolute atomic E-state index is 12.0. The summed E-state index contributed by atoms with van der Waals surface area (Å²) in [6.45, 7) is 6.37. The molecule has 1 aromatic heterocycles. The number of imidazole rings is 1. The van der Waals surface area contributed by atoms with Crippen molar-refractivity contribution in [3.05, 3.63) is 30.9 Å². The molecule has 0 unspecified atom stereocenters. The monoisotopic (exact) mass is 502 g/mol. The van der Waals surface area contributed by atoms with Crippen molar-refractivity contribution < 1.29 is 50.9 Å². The van der Waals surface area contributed by atoms with Crippen LogP contribution in [0.5, 0.6) is 0 Å². The molecule has 2 aliphatic heterocycles. The van der Waals surface area contributed by atoms with E-state index in [2.05, 4.69) is 21.0 Å². The minimum Gasteiger partial charge on any atom is -0.475 e. The third-order valence-electron chi connectivity index (χ3n) is 5.08. The van der Waals surface area contributed by atoms with Gasteiger partial charge in [-0.1, -0.05) is 6.08 Å². The molecule has 34 heavy (non-hydrogen) atoms. The van der Waals surface area contributed by atoms with Crippen LogP contribution in [-0.2, 0) is 28.0 Å². The number of hydrogen-bond donors (Lipinski definition) is 2. The molecule has 3 heterocycles. The molecule has 9 nitrogen and oxygen atoms in total. The summed E-state index contributed by atoms with van der Waals surface area (Å²) in [5.41, 5.74) is 0. The summed E-state index contributed by atoms with van der Waals surface area (Å²) in [4.78, 5) is 38.7. The predicted molar refractivity (Wildman–Crippen MR) is 104 cm³/mol. The number of nitrogens with zero attached hydrogens (tertiary/aromatic N) is 4. The molecule has 192 valence electrons. The van der Waals surface area contributed by atoms with Gasteiger partial charge < -0.3 is 19.7 Å². The Hall–Kier alpha value is -3.10. The molecule has 2 N–H and O–H groups in total. The number of carbonyl (C=O) groups is 3. The number of amides is 1. The van der Waals surface area contributed by atoms with E-state index < -0.39 is 24.3 Å². The van der Waals surface area contributed by atoms with E-state index in [0.717, 1.165) is 31.8 Å². The van der Waals surface area contributed by atoms with Gasteiger partial charge in [0.1, 0.15) is 5.82 Å². The van der Waals surface area contributed by atoms with Crippen LogP contribution < -0.4 is 0 Å². The van der Waals surface area contributed by atoms with Crippen molar-refractivity contribution in [2.45, 2.75) is 50.2 Å². The SMILES string of the molecule is C=CCN1C(=O)CC[C@H]2[C@@H]1CCN2Cc1nccn1C.O=C(O)C(F)(F)F.O=C(O)C(F)(F)F. The van der Waals surface area contributed by atoms with Gasteiger partial charge in [0.05, 0.1) is 6.54 Å². The lowest BCUT2D eigenvalue weighted by atomic mass is 9.96. The fraction of sp³-hybridized carbons (Fsp3) is 0.579. The standard InChI is InChI=1S/C15H22N4O.2C2HF3O2/c1-3-8-19-13-6-9-18(12(13)4-5-15(19)20)11-14-16-7-10-17(14)2;2*3-2(4,5)1(6)7/h3,7,10,12-13H,1,4-6,8-9,11H2,2H3;2*(H,6,7)/t12-,13-;;/m0../s1. The van der Waals surface area contributed by atoms with E-state index in [-0.39, 0.29) is 5.91 Å². The third kappa shape index (κ3) is 8.35. The molecule has 0 aliphatic carbocycles. The van der Waals surface area contributed by atoms with Gasteiger partial charge in [-0.25, -0.2) is 14.6 Å². The van der Waals surface area contributed by atoms with Gasteiger partial charge in [-0.15, -0.1) is 6.58 Å². The Labute approximate surface area is 190 Å². The predicted octanol–water partition coefficient (Wildman–Crippen LogP) is 2.44. The van der Waals surface area contributed by atoms with Crippen LogP contribution in [0.15, 0.2) is 25.0 Å². The normalized spacial score (nSPS) is 20.4. The van der Waals surface area contributed by atoms with Crippen LogP contribution in [0.1, 0.15) is 25.1 Å². The largest absolute Gasteiger partial charge is 0.490 e. The van der Waals surface area contributed by atoms with Crippen LogP contribution in [0.3, 0.4) is 0 Å². The number of carboxylic acids is 2. The third-order valence-corrected chi connectivity index (χ3v) is 5.08. The Morgan fingerprint density at radius 3 is 2.06 bits per heavy atom. The van der Waals surface area contributed by atoms with Gasteiger partial charge in [-0.3, -0.25) is 9.69 Å². The van der Waals surface area contributed by atoms with Crippen molar-refractivity contribution in [2.24, 2.45) is 7.05 Å². The van der Waals surface area contributed by atoms with Gasteiger partial charge in [0, 0.05) is 51.0 Å². The number of fused-ring (bicyclic) bond motifs is 1. The number of rotatable bonds is 4. The number of alkyl halides is 6. The van der Waals surface area contributed by atoms with E-state index >= 15 is 0 Å². The van der Waals surface area contributed by atoms with E-state index in [1.165, 1.54) is 0 Å². The number of aliphatic carboxylic acids is 2. The number of carbonyl (C=O) groups excluding carboxylic acids is 1. The fourth-order valence-corrected chi connectivity index (χ4v) is 3.54. The average molecular weight is 502 g/mol. The molecule has 1 amide bonds. The second-order valence-corrected chi connectivity index (χ2v) is 7.33. The molecular weight excluding hydrogens is 478 g/mol. The highest BCUT2D eigenvalue weighted by Gasteiger charge is 2.42.